The Bertz CT molecular complexity index is 878. The lowest BCUT2D eigenvalue weighted by Crippen LogP contribution is -2.14. The lowest BCUT2D eigenvalue weighted by atomic mass is 10.3. The second-order valence-corrected chi connectivity index (χ2v) is 5.88. The van der Waals surface area contributed by atoms with Gasteiger partial charge in [-0.05, 0) is 24.3 Å². The highest BCUT2D eigenvalue weighted by Gasteiger charge is 2.14. The van der Waals surface area contributed by atoms with Gasteiger partial charge in [-0.25, -0.2) is 4.98 Å². The maximum absolute atomic E-state index is 12.1. The SMILES string of the molecule is O=C(CSc1ncc2ccccn12)Nc1ccc2c(c1)OCO2. The fourth-order valence-electron chi connectivity index (χ4n) is 2.33. The topological polar surface area (TPSA) is 64.9 Å². The number of thioether (sulfide) groups is 1. The van der Waals surface area contributed by atoms with Gasteiger partial charge in [0.25, 0.3) is 0 Å². The van der Waals surface area contributed by atoms with E-state index in [9.17, 15) is 4.79 Å². The summed E-state index contributed by atoms with van der Waals surface area (Å²) < 4.78 is 12.5. The lowest BCUT2D eigenvalue weighted by molar-refractivity contribution is -0.113. The average Bonchev–Trinajstić information content (AvgIpc) is 3.19. The van der Waals surface area contributed by atoms with E-state index in [2.05, 4.69) is 10.3 Å². The van der Waals surface area contributed by atoms with Crippen LogP contribution in [0.5, 0.6) is 11.5 Å². The van der Waals surface area contributed by atoms with Crippen LogP contribution in [0.15, 0.2) is 53.9 Å². The third kappa shape index (κ3) is 2.83. The molecule has 116 valence electrons. The molecule has 23 heavy (non-hydrogen) atoms. The first-order chi connectivity index (χ1) is 11.3. The van der Waals surface area contributed by atoms with Crippen molar-refractivity contribution in [3.05, 3.63) is 48.8 Å². The summed E-state index contributed by atoms with van der Waals surface area (Å²) in [5.74, 6) is 1.53. The molecule has 2 aromatic heterocycles. The second kappa shape index (κ2) is 5.85. The van der Waals surface area contributed by atoms with E-state index in [1.165, 1.54) is 11.8 Å². The highest BCUT2D eigenvalue weighted by atomic mass is 32.2. The zero-order valence-corrected chi connectivity index (χ0v) is 12.9. The molecule has 0 fully saturated rings. The number of nitrogens with zero attached hydrogens (tertiary/aromatic N) is 2. The van der Waals surface area contributed by atoms with Crippen LogP contribution in [0.2, 0.25) is 0 Å². The van der Waals surface area contributed by atoms with E-state index in [1.807, 2.05) is 28.8 Å². The summed E-state index contributed by atoms with van der Waals surface area (Å²) >= 11 is 1.39. The third-order valence-corrected chi connectivity index (χ3v) is 4.36. The number of anilines is 1. The number of carbonyl (C=O) groups is 1. The summed E-state index contributed by atoms with van der Waals surface area (Å²) in [5.41, 5.74) is 1.69. The minimum atomic E-state index is -0.0958. The summed E-state index contributed by atoms with van der Waals surface area (Å²) in [6.07, 6.45) is 3.72. The minimum Gasteiger partial charge on any atom is -0.454 e. The van der Waals surface area contributed by atoms with Crippen molar-refractivity contribution in [1.82, 2.24) is 9.38 Å². The van der Waals surface area contributed by atoms with Gasteiger partial charge in [0.15, 0.2) is 16.7 Å². The predicted octanol–water partition coefficient (Wildman–Crippen LogP) is 2.79. The summed E-state index contributed by atoms with van der Waals surface area (Å²) in [7, 11) is 0. The second-order valence-electron chi connectivity index (χ2n) is 4.94. The molecule has 1 aliphatic heterocycles. The van der Waals surface area contributed by atoms with Crippen LogP contribution in [0.1, 0.15) is 0 Å². The van der Waals surface area contributed by atoms with Crippen molar-refractivity contribution in [2.75, 3.05) is 17.9 Å². The molecule has 0 atom stereocenters. The van der Waals surface area contributed by atoms with Crippen molar-refractivity contribution in [3.63, 3.8) is 0 Å². The molecule has 1 N–H and O–H groups in total. The van der Waals surface area contributed by atoms with Gasteiger partial charge < -0.3 is 14.8 Å². The third-order valence-electron chi connectivity index (χ3n) is 3.39. The molecule has 0 spiro atoms. The summed E-state index contributed by atoms with van der Waals surface area (Å²) in [6.45, 7) is 0.218. The highest BCUT2D eigenvalue weighted by Crippen LogP contribution is 2.34. The number of fused-ring (bicyclic) bond motifs is 2. The van der Waals surface area contributed by atoms with E-state index in [0.29, 0.717) is 17.2 Å². The fraction of sp³-hybridized carbons (Fsp3) is 0.125. The minimum absolute atomic E-state index is 0.0958. The van der Waals surface area contributed by atoms with E-state index in [0.717, 1.165) is 10.7 Å². The Balaban J connectivity index is 1.40. The van der Waals surface area contributed by atoms with Crippen molar-refractivity contribution in [2.24, 2.45) is 0 Å². The van der Waals surface area contributed by atoms with Gasteiger partial charge in [0, 0.05) is 18.0 Å². The Labute approximate surface area is 136 Å². The first kappa shape index (κ1) is 14.0. The van der Waals surface area contributed by atoms with Crippen LogP contribution in [-0.4, -0.2) is 27.8 Å². The largest absolute Gasteiger partial charge is 0.454 e. The van der Waals surface area contributed by atoms with Crippen LogP contribution in [0, 0.1) is 0 Å². The monoisotopic (exact) mass is 327 g/mol. The standard InChI is InChI=1S/C16H13N3O3S/c20-15(18-11-4-5-13-14(7-11)22-10-21-13)9-23-16-17-8-12-3-1-2-6-19(12)16/h1-8H,9-10H2,(H,18,20). The Morgan fingerprint density at radius 3 is 3.13 bits per heavy atom. The van der Waals surface area contributed by atoms with Gasteiger partial charge in [0.2, 0.25) is 12.7 Å². The molecule has 3 aromatic rings. The number of amides is 1. The smallest absolute Gasteiger partial charge is 0.234 e. The van der Waals surface area contributed by atoms with Crippen LogP contribution < -0.4 is 14.8 Å². The number of nitrogens with one attached hydrogen (secondary N) is 1. The van der Waals surface area contributed by atoms with Crippen molar-refractivity contribution in [1.29, 1.82) is 0 Å². The van der Waals surface area contributed by atoms with Gasteiger partial charge in [0.1, 0.15) is 0 Å². The maximum Gasteiger partial charge on any atom is 0.234 e. The van der Waals surface area contributed by atoms with Gasteiger partial charge in [-0.1, -0.05) is 17.8 Å². The molecule has 0 bridgehead atoms. The number of pyridine rings is 1. The Hall–Kier alpha value is -2.67. The maximum atomic E-state index is 12.1. The van der Waals surface area contributed by atoms with Gasteiger partial charge >= 0.3 is 0 Å². The molecule has 3 heterocycles. The molecule has 0 saturated carbocycles. The van der Waals surface area contributed by atoms with E-state index in [1.54, 1.807) is 24.4 Å². The summed E-state index contributed by atoms with van der Waals surface area (Å²) in [4.78, 5) is 16.4. The molecule has 4 rings (SSSR count). The molecule has 0 aliphatic carbocycles. The summed E-state index contributed by atoms with van der Waals surface area (Å²) in [5, 5.41) is 3.64. The molecule has 7 heteroatoms. The van der Waals surface area contributed by atoms with E-state index in [4.69, 9.17) is 9.47 Å². The Kier molecular flexibility index (Phi) is 3.55. The molecule has 0 saturated heterocycles. The zero-order valence-electron chi connectivity index (χ0n) is 12.1. The molecule has 1 aliphatic rings. The highest BCUT2D eigenvalue weighted by molar-refractivity contribution is 7.99. The number of carbonyl (C=O) groups excluding carboxylic acids is 1. The molecule has 6 nitrogen and oxygen atoms in total. The number of benzene rings is 1. The van der Waals surface area contributed by atoms with Gasteiger partial charge in [0.05, 0.1) is 17.5 Å². The quantitative estimate of drug-likeness (QED) is 0.747. The number of imidazole rings is 1. The number of aromatic nitrogens is 2. The first-order valence-electron chi connectivity index (χ1n) is 7.04. The summed E-state index contributed by atoms with van der Waals surface area (Å²) in [6, 6.07) is 11.2. The van der Waals surface area contributed by atoms with Crippen LogP contribution in [0.4, 0.5) is 5.69 Å². The van der Waals surface area contributed by atoms with Crippen LogP contribution >= 0.6 is 11.8 Å². The molecule has 1 aromatic carbocycles. The molecule has 1 amide bonds. The van der Waals surface area contributed by atoms with Crippen molar-refractivity contribution >= 4 is 28.9 Å². The number of hydrogen-bond donors (Lipinski definition) is 1. The van der Waals surface area contributed by atoms with Crippen LogP contribution in [0.25, 0.3) is 5.52 Å². The van der Waals surface area contributed by atoms with Gasteiger partial charge in [-0.15, -0.1) is 0 Å². The van der Waals surface area contributed by atoms with E-state index >= 15 is 0 Å². The van der Waals surface area contributed by atoms with Crippen molar-refractivity contribution in [2.45, 2.75) is 5.16 Å². The zero-order chi connectivity index (χ0) is 15.6. The Morgan fingerprint density at radius 2 is 2.17 bits per heavy atom. The van der Waals surface area contributed by atoms with Crippen molar-refractivity contribution < 1.29 is 14.3 Å². The van der Waals surface area contributed by atoms with Gasteiger partial charge in [-0.3, -0.25) is 9.20 Å². The van der Waals surface area contributed by atoms with Crippen LogP contribution in [0.3, 0.4) is 0 Å². The molecular weight excluding hydrogens is 314 g/mol. The average molecular weight is 327 g/mol. The number of ether oxygens (including phenoxy) is 2. The lowest BCUT2D eigenvalue weighted by Gasteiger charge is -2.06. The number of rotatable bonds is 4. The van der Waals surface area contributed by atoms with Crippen molar-refractivity contribution in [3.8, 4) is 11.5 Å². The molecule has 0 radical (unpaired) electrons. The normalized spacial score (nSPS) is 12.5. The predicted molar refractivity (Wildman–Crippen MR) is 87.1 cm³/mol. The Morgan fingerprint density at radius 1 is 1.26 bits per heavy atom. The fourth-order valence-corrected chi connectivity index (χ4v) is 3.09. The van der Waals surface area contributed by atoms with E-state index < -0.39 is 0 Å². The van der Waals surface area contributed by atoms with Gasteiger partial charge in [-0.2, -0.15) is 0 Å². The molecular formula is C16H13N3O3S. The van der Waals surface area contributed by atoms with E-state index in [-0.39, 0.29) is 18.5 Å². The number of hydrogen-bond acceptors (Lipinski definition) is 5. The van der Waals surface area contributed by atoms with Crippen LogP contribution in [-0.2, 0) is 4.79 Å². The first-order valence-corrected chi connectivity index (χ1v) is 8.02. The molecule has 0 unspecified atom stereocenters.